The number of amides is 1. The molecule has 0 aliphatic carbocycles. The van der Waals surface area contributed by atoms with Gasteiger partial charge in [0, 0.05) is 43.2 Å². The molecule has 1 aliphatic rings. The molecule has 0 saturated heterocycles. The number of anilines is 2. The summed E-state index contributed by atoms with van der Waals surface area (Å²) in [6.45, 7) is 11.1. The third-order valence-electron chi connectivity index (χ3n) is 8.60. The lowest BCUT2D eigenvalue weighted by Crippen LogP contribution is -2.28. The van der Waals surface area contributed by atoms with Crippen LogP contribution in [0.5, 0.6) is 5.75 Å². The van der Waals surface area contributed by atoms with E-state index in [9.17, 15) is 9.35 Å². The van der Waals surface area contributed by atoms with Gasteiger partial charge in [-0.2, -0.15) is 0 Å². The Bertz CT molecular complexity index is 1650. The molecule has 0 bridgehead atoms. The molecule has 0 spiro atoms. The number of carbonyl (C=O) groups excluding carboxylic acids is 1. The number of unbranched alkanes of at least 4 members (excludes halogenated alkanes) is 1. The van der Waals surface area contributed by atoms with Crippen LogP contribution < -0.4 is 15.0 Å². The topological polar surface area (TPSA) is 91.7 Å². The molecule has 49 heavy (non-hydrogen) atoms. The molecule has 2 heterocycles. The summed E-state index contributed by atoms with van der Waals surface area (Å²) < 4.78 is 26.6. The summed E-state index contributed by atoms with van der Waals surface area (Å²) in [5.41, 5.74) is 6.74. The van der Waals surface area contributed by atoms with Crippen LogP contribution in [0.25, 0.3) is 17.2 Å². The molecule has 4 aromatic rings. The minimum Gasteiger partial charge on any atom is -0.611 e. The maximum atomic E-state index is 13.6. The van der Waals surface area contributed by atoms with Gasteiger partial charge >= 0.3 is 0 Å². The molecule has 1 aromatic heterocycles. The number of nitrogens with one attached hydrogen (secondary N) is 1. The molecule has 1 N–H and O–H groups in total. The summed E-state index contributed by atoms with van der Waals surface area (Å²) in [4.78, 5) is 21.0. The highest BCUT2D eigenvalue weighted by Gasteiger charge is 2.20. The fraction of sp³-hybridized carbons (Fsp3) is 0.400. The first kappa shape index (κ1) is 36.2. The fourth-order valence-corrected chi connectivity index (χ4v) is 7.12. The molecule has 3 aromatic carbocycles. The molecule has 1 unspecified atom stereocenters. The standard InChI is InChI=1S/C40H50N4O4S/c1-4-7-23-47-24-25-48-37-15-10-31(11-16-37)32-12-19-39-34(26-32)27-33(9-8-22-43(39)20-5-2)40(45)42-35-13-17-38(18-14-35)49(46)29-36-28-41-30-44(36)21-6-3/h10-19,26-28,30H,4-9,20-25,29H2,1-3H3,(H,42,45)/b33-27+. The van der Waals surface area contributed by atoms with Gasteiger partial charge in [-0.15, -0.1) is 0 Å². The SMILES string of the molecule is CCCCOCCOc1ccc(-c2ccc3c(c2)/C=C(/C(=O)Nc2ccc([S+]([O-])Cc4cncn4CCC)cc2)CCCN3CCC)cc1. The fourth-order valence-electron chi connectivity index (χ4n) is 6.00. The van der Waals surface area contributed by atoms with Gasteiger partial charge in [0.15, 0.2) is 10.6 Å². The summed E-state index contributed by atoms with van der Waals surface area (Å²) >= 11 is -1.21. The lowest BCUT2D eigenvalue weighted by molar-refractivity contribution is -0.112. The first-order chi connectivity index (χ1) is 24.0. The second kappa shape index (κ2) is 18.6. The Balaban J connectivity index is 1.28. The summed E-state index contributed by atoms with van der Waals surface area (Å²) in [5.74, 6) is 1.11. The number of aromatic nitrogens is 2. The number of hydrogen-bond acceptors (Lipinski definition) is 6. The highest BCUT2D eigenvalue weighted by atomic mass is 32.2. The van der Waals surface area contributed by atoms with Gasteiger partial charge in [-0.25, -0.2) is 4.98 Å². The highest BCUT2D eigenvalue weighted by Crippen LogP contribution is 2.33. The molecule has 1 amide bonds. The van der Waals surface area contributed by atoms with Crippen molar-refractivity contribution in [2.45, 2.75) is 76.5 Å². The number of carbonyl (C=O) groups is 1. The number of imidazole rings is 1. The third kappa shape index (κ3) is 10.2. The quantitative estimate of drug-likeness (QED) is 0.0887. The second-order valence-corrected chi connectivity index (χ2v) is 13.9. The van der Waals surface area contributed by atoms with Gasteiger partial charge in [-0.1, -0.05) is 45.4 Å². The van der Waals surface area contributed by atoms with Gasteiger partial charge in [-0.05, 0) is 115 Å². The van der Waals surface area contributed by atoms with E-state index in [-0.39, 0.29) is 5.91 Å². The van der Waals surface area contributed by atoms with Crippen LogP contribution in [0.3, 0.4) is 0 Å². The van der Waals surface area contributed by atoms with Crippen LogP contribution in [-0.4, -0.2) is 52.9 Å². The van der Waals surface area contributed by atoms with Crippen molar-refractivity contribution in [1.82, 2.24) is 9.55 Å². The van der Waals surface area contributed by atoms with E-state index in [1.165, 1.54) is 0 Å². The molecule has 8 nitrogen and oxygen atoms in total. The van der Waals surface area contributed by atoms with Gasteiger partial charge in [0.1, 0.15) is 12.4 Å². The number of fused-ring (bicyclic) bond motifs is 1. The van der Waals surface area contributed by atoms with E-state index >= 15 is 0 Å². The van der Waals surface area contributed by atoms with E-state index in [1.807, 2.05) is 36.4 Å². The van der Waals surface area contributed by atoms with Crippen LogP contribution >= 0.6 is 0 Å². The van der Waals surface area contributed by atoms with Crippen LogP contribution in [0.4, 0.5) is 11.4 Å². The maximum absolute atomic E-state index is 13.6. The number of aryl methyl sites for hydroxylation is 1. The van der Waals surface area contributed by atoms with Crippen LogP contribution in [0.1, 0.15) is 70.6 Å². The monoisotopic (exact) mass is 682 g/mol. The van der Waals surface area contributed by atoms with Gasteiger partial charge < -0.3 is 28.8 Å². The normalized spacial score (nSPS) is 14.7. The summed E-state index contributed by atoms with van der Waals surface area (Å²) in [6, 6.07) is 22.0. The zero-order valence-corrected chi connectivity index (χ0v) is 30.0. The van der Waals surface area contributed by atoms with E-state index in [2.05, 4.69) is 76.9 Å². The van der Waals surface area contributed by atoms with Crippen molar-refractivity contribution in [2.75, 3.05) is 43.1 Å². The first-order valence-corrected chi connectivity index (χ1v) is 19.0. The molecule has 9 heteroatoms. The molecule has 0 fully saturated rings. The van der Waals surface area contributed by atoms with Gasteiger partial charge in [0.25, 0.3) is 5.91 Å². The zero-order valence-electron chi connectivity index (χ0n) is 29.2. The van der Waals surface area contributed by atoms with E-state index in [1.54, 1.807) is 12.5 Å². The zero-order chi connectivity index (χ0) is 34.4. The van der Waals surface area contributed by atoms with E-state index in [0.29, 0.717) is 31.1 Å². The van der Waals surface area contributed by atoms with Crippen molar-refractivity contribution in [3.05, 3.63) is 96.1 Å². The van der Waals surface area contributed by atoms with E-state index < -0.39 is 11.2 Å². The Morgan fingerprint density at radius 1 is 0.918 bits per heavy atom. The molecule has 260 valence electrons. The molecule has 0 saturated carbocycles. The number of benzene rings is 3. The second-order valence-electron chi connectivity index (χ2n) is 12.4. The molecule has 1 aliphatic heterocycles. The average Bonchev–Trinajstić information content (AvgIpc) is 3.54. The van der Waals surface area contributed by atoms with Crippen LogP contribution in [0, 0.1) is 0 Å². The predicted octanol–water partition coefficient (Wildman–Crippen LogP) is 8.50. The predicted molar refractivity (Wildman–Crippen MR) is 201 cm³/mol. The van der Waals surface area contributed by atoms with Crippen molar-refractivity contribution in [3.63, 3.8) is 0 Å². The van der Waals surface area contributed by atoms with Gasteiger partial charge in [-0.3, -0.25) is 4.79 Å². The summed E-state index contributed by atoms with van der Waals surface area (Å²) in [7, 11) is 0. The Labute approximate surface area is 294 Å². The first-order valence-electron chi connectivity index (χ1n) is 17.7. The van der Waals surface area contributed by atoms with Crippen molar-refractivity contribution < 1.29 is 18.8 Å². The Hall–Kier alpha value is -4.05. The third-order valence-corrected chi connectivity index (χ3v) is 9.96. The van der Waals surface area contributed by atoms with Crippen molar-refractivity contribution in [2.24, 2.45) is 0 Å². The minimum atomic E-state index is -1.21. The number of nitrogens with zero attached hydrogens (tertiary/aromatic N) is 3. The Morgan fingerprint density at radius 2 is 1.69 bits per heavy atom. The number of rotatable bonds is 17. The maximum Gasteiger partial charge on any atom is 0.251 e. The Kier molecular flexibility index (Phi) is 13.8. The molecule has 0 radical (unpaired) electrons. The van der Waals surface area contributed by atoms with Crippen LogP contribution in [0.2, 0.25) is 0 Å². The number of ether oxygens (including phenoxy) is 2. The smallest absolute Gasteiger partial charge is 0.251 e. The Morgan fingerprint density at radius 3 is 2.45 bits per heavy atom. The summed E-state index contributed by atoms with van der Waals surface area (Å²) in [5, 5.41) is 3.09. The van der Waals surface area contributed by atoms with Gasteiger partial charge in [0.05, 0.1) is 24.8 Å². The van der Waals surface area contributed by atoms with E-state index in [4.69, 9.17) is 9.47 Å². The molecule has 1 atom stereocenters. The molecular weight excluding hydrogens is 633 g/mol. The lowest BCUT2D eigenvalue weighted by atomic mass is 9.96. The lowest BCUT2D eigenvalue weighted by Gasteiger charge is -2.29. The molecule has 5 rings (SSSR count). The largest absolute Gasteiger partial charge is 0.611 e. The molecular formula is C40H50N4O4S. The number of hydrogen-bond donors (Lipinski definition) is 1. The van der Waals surface area contributed by atoms with Crippen molar-refractivity contribution in [3.8, 4) is 16.9 Å². The van der Waals surface area contributed by atoms with Crippen LogP contribution in [0.15, 0.2) is 89.7 Å². The van der Waals surface area contributed by atoms with Crippen molar-refractivity contribution >= 4 is 34.5 Å². The van der Waals surface area contributed by atoms with Crippen molar-refractivity contribution in [1.29, 1.82) is 0 Å². The summed E-state index contributed by atoms with van der Waals surface area (Å²) in [6.07, 6.45) is 11.4. The average molecular weight is 683 g/mol. The van der Waals surface area contributed by atoms with Crippen LogP contribution in [-0.2, 0) is 33.0 Å². The van der Waals surface area contributed by atoms with E-state index in [0.717, 1.165) is 103 Å². The van der Waals surface area contributed by atoms with Gasteiger partial charge in [0.2, 0.25) is 0 Å². The highest BCUT2D eigenvalue weighted by molar-refractivity contribution is 7.90. The minimum absolute atomic E-state index is 0.113.